The van der Waals surface area contributed by atoms with Crippen molar-refractivity contribution in [3.05, 3.63) is 24.0 Å². The maximum atomic E-state index is 2.79. The lowest BCUT2D eigenvalue weighted by Crippen LogP contribution is -2.57. The van der Waals surface area contributed by atoms with Gasteiger partial charge in [0.2, 0.25) is 0 Å². The van der Waals surface area contributed by atoms with E-state index in [1.54, 1.807) is 5.69 Å². The van der Waals surface area contributed by atoms with E-state index in [1.165, 1.54) is 57.7 Å². The summed E-state index contributed by atoms with van der Waals surface area (Å²) in [5.41, 5.74) is 1.65. The van der Waals surface area contributed by atoms with Gasteiger partial charge < -0.3 is 4.48 Å². The first-order valence-electron chi connectivity index (χ1n) is 7.76. The summed E-state index contributed by atoms with van der Waals surface area (Å²) in [6.07, 6.45) is 15.6. The van der Waals surface area contributed by atoms with Crippen LogP contribution in [-0.2, 0) is 6.42 Å². The van der Waals surface area contributed by atoms with Crippen LogP contribution < -0.4 is 0 Å². The van der Waals surface area contributed by atoms with Gasteiger partial charge in [-0.25, -0.2) is 0 Å². The zero-order valence-corrected chi connectivity index (χ0v) is 10.8. The lowest BCUT2D eigenvalue weighted by atomic mass is 9.14. The molecule has 0 aliphatic carbocycles. The molecule has 3 aliphatic rings. The fourth-order valence-electron chi connectivity index (χ4n) is 5.90. The smallest absolute Gasteiger partial charge is 0.0979 e. The Balaban J connectivity index is 1.86. The number of aromatic nitrogens is 1. The molecule has 92 valence electrons. The molecule has 0 N–H and O–H groups in total. The van der Waals surface area contributed by atoms with Crippen molar-refractivity contribution in [2.45, 2.75) is 69.3 Å². The number of hydrogen-bond acceptors (Lipinski definition) is 0. The zero-order valence-electron chi connectivity index (χ0n) is 10.8. The summed E-state index contributed by atoms with van der Waals surface area (Å²) in [4.78, 5) is 0. The van der Waals surface area contributed by atoms with Gasteiger partial charge in [-0.05, 0) is 30.4 Å². The van der Waals surface area contributed by atoms with E-state index in [2.05, 4.69) is 22.8 Å². The molecule has 2 heteroatoms. The SMILES string of the molecule is c1cc2n(c1)[B-]1(CCC2)C2CCCC1CCC2. The highest BCUT2D eigenvalue weighted by Crippen LogP contribution is 2.57. The van der Waals surface area contributed by atoms with Crippen molar-refractivity contribution < 1.29 is 0 Å². The highest BCUT2D eigenvalue weighted by atomic mass is 14.9. The van der Waals surface area contributed by atoms with Crippen LogP contribution in [0.1, 0.15) is 50.6 Å². The Morgan fingerprint density at radius 3 is 2.41 bits per heavy atom. The molecule has 0 aromatic carbocycles. The number of aryl methyl sites for hydroxylation is 1. The van der Waals surface area contributed by atoms with Gasteiger partial charge in [0.25, 0.3) is 0 Å². The molecule has 0 radical (unpaired) electrons. The van der Waals surface area contributed by atoms with Crippen molar-refractivity contribution in [2.75, 3.05) is 0 Å². The van der Waals surface area contributed by atoms with Crippen molar-refractivity contribution in [1.82, 2.24) is 4.48 Å². The van der Waals surface area contributed by atoms with Gasteiger partial charge >= 0.3 is 0 Å². The van der Waals surface area contributed by atoms with Crippen molar-refractivity contribution in [3.63, 3.8) is 0 Å². The molecular formula is C15H23BN-. The van der Waals surface area contributed by atoms with Gasteiger partial charge in [-0.1, -0.05) is 44.9 Å². The highest BCUT2D eigenvalue weighted by molar-refractivity contribution is 6.81. The van der Waals surface area contributed by atoms with Crippen LogP contribution >= 0.6 is 0 Å². The Hall–Kier alpha value is -0.655. The second kappa shape index (κ2) is 3.67. The Morgan fingerprint density at radius 2 is 1.71 bits per heavy atom. The van der Waals surface area contributed by atoms with Crippen LogP contribution in [0.15, 0.2) is 18.3 Å². The Bertz CT molecular complexity index is 400. The summed E-state index contributed by atoms with van der Waals surface area (Å²) in [6.45, 7) is 0. The van der Waals surface area contributed by atoms with Gasteiger partial charge in [0.1, 0.15) is 0 Å². The molecule has 1 spiro atoms. The third-order valence-electron chi connectivity index (χ3n) is 6.42. The van der Waals surface area contributed by atoms with Crippen LogP contribution in [0, 0.1) is 0 Å². The van der Waals surface area contributed by atoms with Crippen LogP contribution in [-0.4, -0.2) is 10.8 Å². The molecule has 1 nitrogen and oxygen atoms in total. The molecule has 3 aliphatic heterocycles. The van der Waals surface area contributed by atoms with Crippen molar-refractivity contribution >= 4 is 6.28 Å². The molecule has 2 fully saturated rings. The summed E-state index contributed by atoms with van der Waals surface area (Å²) < 4.78 is 2.79. The highest BCUT2D eigenvalue weighted by Gasteiger charge is 2.46. The van der Waals surface area contributed by atoms with Gasteiger partial charge in [-0.15, -0.1) is 11.6 Å². The first-order chi connectivity index (χ1) is 8.41. The average Bonchev–Trinajstić information content (AvgIpc) is 2.78. The predicted molar refractivity (Wildman–Crippen MR) is 73.9 cm³/mol. The molecule has 4 heterocycles. The fourth-order valence-corrected chi connectivity index (χ4v) is 5.90. The number of hydrogen-bond donors (Lipinski definition) is 0. The van der Waals surface area contributed by atoms with E-state index in [-0.39, 0.29) is 6.28 Å². The van der Waals surface area contributed by atoms with Crippen LogP contribution in [0.25, 0.3) is 0 Å². The third kappa shape index (κ3) is 1.27. The quantitative estimate of drug-likeness (QED) is 0.582. The summed E-state index contributed by atoms with van der Waals surface area (Å²) in [6, 6.07) is 4.68. The van der Waals surface area contributed by atoms with E-state index >= 15 is 0 Å². The van der Waals surface area contributed by atoms with Crippen LogP contribution in [0.4, 0.5) is 0 Å². The molecule has 0 saturated carbocycles. The number of nitrogens with zero attached hydrogens (tertiary/aromatic N) is 1. The predicted octanol–water partition coefficient (Wildman–Crippen LogP) is 4.34. The summed E-state index contributed by atoms with van der Waals surface area (Å²) in [5.74, 6) is 2.10. The molecule has 0 unspecified atom stereocenters. The van der Waals surface area contributed by atoms with Crippen LogP contribution in [0.2, 0.25) is 18.0 Å². The fraction of sp³-hybridized carbons (Fsp3) is 0.733. The molecule has 4 rings (SSSR count). The Kier molecular flexibility index (Phi) is 2.22. The first kappa shape index (κ1) is 10.3. The monoisotopic (exact) mass is 228 g/mol. The molecule has 0 atom stereocenters. The minimum absolute atomic E-state index is 0.223. The molecule has 1 aromatic rings. The van der Waals surface area contributed by atoms with Crippen molar-refractivity contribution in [3.8, 4) is 0 Å². The largest absolute Gasteiger partial charge is 0.527 e. The molecule has 1 aromatic heterocycles. The van der Waals surface area contributed by atoms with Gasteiger partial charge in [-0.3, -0.25) is 0 Å². The summed E-state index contributed by atoms with van der Waals surface area (Å²) in [7, 11) is 0. The topological polar surface area (TPSA) is 4.93 Å². The van der Waals surface area contributed by atoms with Gasteiger partial charge in [-0.2, -0.15) is 6.32 Å². The van der Waals surface area contributed by atoms with Gasteiger partial charge in [0.15, 0.2) is 0 Å². The van der Waals surface area contributed by atoms with E-state index < -0.39 is 0 Å². The van der Waals surface area contributed by atoms with E-state index in [9.17, 15) is 0 Å². The maximum Gasteiger partial charge on any atom is 0.0979 e. The number of fused-ring (bicyclic) bond motifs is 1. The number of rotatable bonds is 0. The van der Waals surface area contributed by atoms with E-state index in [1.807, 2.05) is 0 Å². The van der Waals surface area contributed by atoms with E-state index in [0.717, 1.165) is 11.6 Å². The summed E-state index contributed by atoms with van der Waals surface area (Å²) in [5, 5.41) is 0. The molecule has 0 amide bonds. The third-order valence-corrected chi connectivity index (χ3v) is 6.42. The second-order valence-corrected chi connectivity index (χ2v) is 6.83. The summed E-state index contributed by atoms with van der Waals surface area (Å²) >= 11 is 0. The zero-order chi connectivity index (χ0) is 11.3. The molecule has 2 bridgehead atoms. The lowest BCUT2D eigenvalue weighted by Gasteiger charge is -2.62. The molecular weight excluding hydrogens is 205 g/mol. The normalized spacial score (nSPS) is 40.2. The molecule has 2 saturated heterocycles. The Morgan fingerprint density at radius 1 is 1.00 bits per heavy atom. The van der Waals surface area contributed by atoms with E-state index in [4.69, 9.17) is 0 Å². The Labute approximate surface area is 105 Å². The minimum Gasteiger partial charge on any atom is -0.527 e. The maximum absolute atomic E-state index is 2.79. The van der Waals surface area contributed by atoms with Crippen molar-refractivity contribution in [1.29, 1.82) is 0 Å². The minimum atomic E-state index is -0.223. The molecule has 17 heavy (non-hydrogen) atoms. The van der Waals surface area contributed by atoms with Gasteiger partial charge in [0.05, 0.1) is 6.28 Å². The van der Waals surface area contributed by atoms with E-state index in [0.29, 0.717) is 0 Å². The average molecular weight is 228 g/mol. The van der Waals surface area contributed by atoms with Crippen molar-refractivity contribution in [2.24, 2.45) is 0 Å². The second-order valence-electron chi connectivity index (χ2n) is 6.83. The lowest BCUT2D eigenvalue weighted by molar-refractivity contribution is 0.412. The first-order valence-corrected chi connectivity index (χ1v) is 7.76. The van der Waals surface area contributed by atoms with Gasteiger partial charge in [0, 0.05) is 0 Å². The van der Waals surface area contributed by atoms with Crippen LogP contribution in [0.5, 0.6) is 0 Å². The standard InChI is InChI=1S/C15H23BN/c1-5-13-7-2-8-14(6-1)16(13)11-3-9-15-10-4-12-17(15)16/h4,10,12-14H,1-3,5-9,11H2/q-1. The van der Waals surface area contributed by atoms with Crippen LogP contribution in [0.3, 0.4) is 0 Å².